The highest BCUT2D eigenvalue weighted by atomic mass is 35.5. The molecule has 3 rings (SSSR count). The van der Waals surface area contributed by atoms with Gasteiger partial charge in [-0.3, -0.25) is 4.79 Å². The van der Waals surface area contributed by atoms with E-state index in [-0.39, 0.29) is 13.0 Å². The zero-order valence-electron chi connectivity index (χ0n) is 20.8. The van der Waals surface area contributed by atoms with Crippen molar-refractivity contribution in [1.29, 1.82) is 0 Å². The van der Waals surface area contributed by atoms with E-state index in [1.54, 1.807) is 25.1 Å². The summed E-state index contributed by atoms with van der Waals surface area (Å²) in [6.07, 6.45) is 1.11. The van der Waals surface area contributed by atoms with Crippen LogP contribution in [0.3, 0.4) is 0 Å². The largest absolute Gasteiger partial charge is 0.490 e. The maximum absolute atomic E-state index is 12.8. The first-order valence-electron chi connectivity index (χ1n) is 11.9. The molecule has 2 amide bonds. The van der Waals surface area contributed by atoms with Gasteiger partial charge in [-0.2, -0.15) is 5.10 Å². The zero-order valence-corrected chi connectivity index (χ0v) is 21.5. The molecule has 0 aliphatic carbocycles. The van der Waals surface area contributed by atoms with Gasteiger partial charge in [0, 0.05) is 11.4 Å². The Hall–Kier alpha value is -4.04. The Labute approximate surface area is 221 Å². The number of carbonyl (C=O) groups excluding carboxylic acids is 2. The Morgan fingerprint density at radius 3 is 2.38 bits per heavy atom. The van der Waals surface area contributed by atoms with Crippen LogP contribution in [0.1, 0.15) is 30.5 Å². The second kappa shape index (κ2) is 14.5. The van der Waals surface area contributed by atoms with Crippen molar-refractivity contribution in [2.45, 2.75) is 32.9 Å². The van der Waals surface area contributed by atoms with E-state index in [4.69, 9.17) is 25.8 Å². The van der Waals surface area contributed by atoms with Crippen molar-refractivity contribution in [1.82, 2.24) is 10.7 Å². The molecule has 2 N–H and O–H groups in total. The quantitative estimate of drug-likeness (QED) is 0.253. The van der Waals surface area contributed by atoms with Crippen LogP contribution in [0.2, 0.25) is 5.02 Å². The molecule has 0 radical (unpaired) electrons. The fourth-order valence-corrected chi connectivity index (χ4v) is 3.48. The van der Waals surface area contributed by atoms with Gasteiger partial charge in [0.15, 0.2) is 11.5 Å². The van der Waals surface area contributed by atoms with Gasteiger partial charge in [-0.25, -0.2) is 10.2 Å². The summed E-state index contributed by atoms with van der Waals surface area (Å²) < 4.78 is 16.6. The van der Waals surface area contributed by atoms with Crippen molar-refractivity contribution in [3.8, 4) is 11.5 Å². The number of carbonyl (C=O) groups is 2. The average molecular weight is 524 g/mol. The number of hydrazone groups is 1. The van der Waals surface area contributed by atoms with Crippen LogP contribution in [0, 0.1) is 0 Å². The fourth-order valence-electron chi connectivity index (χ4n) is 3.36. The number of alkyl carbamates (subject to hydrolysis) is 1. The molecule has 3 aromatic carbocycles. The molecule has 0 spiro atoms. The van der Waals surface area contributed by atoms with Crippen molar-refractivity contribution in [3.63, 3.8) is 0 Å². The van der Waals surface area contributed by atoms with Crippen LogP contribution < -0.4 is 20.2 Å². The van der Waals surface area contributed by atoms with E-state index in [0.29, 0.717) is 35.3 Å². The first-order chi connectivity index (χ1) is 18.0. The summed E-state index contributed by atoms with van der Waals surface area (Å²) in [6, 6.07) is 21.3. The van der Waals surface area contributed by atoms with Crippen molar-refractivity contribution in [2.75, 3.05) is 13.2 Å². The Morgan fingerprint density at radius 2 is 1.68 bits per heavy atom. The number of ether oxygens (including phenoxy) is 3. The fraction of sp³-hybridized carbons (Fsp3) is 0.250. The van der Waals surface area contributed by atoms with E-state index < -0.39 is 18.0 Å². The topological polar surface area (TPSA) is 98.2 Å². The molecule has 9 heteroatoms. The van der Waals surface area contributed by atoms with E-state index >= 15 is 0 Å². The molecular weight excluding hydrogens is 494 g/mol. The number of hydrogen-bond acceptors (Lipinski definition) is 6. The maximum Gasteiger partial charge on any atom is 0.407 e. The lowest BCUT2D eigenvalue weighted by Gasteiger charge is -2.17. The summed E-state index contributed by atoms with van der Waals surface area (Å²) in [5.41, 5.74) is 5.05. The minimum absolute atomic E-state index is 0.200. The molecule has 194 valence electrons. The monoisotopic (exact) mass is 523 g/mol. The third-order valence-electron chi connectivity index (χ3n) is 5.13. The minimum atomic E-state index is -0.860. The molecule has 0 aliphatic rings. The van der Waals surface area contributed by atoms with Gasteiger partial charge >= 0.3 is 6.09 Å². The van der Waals surface area contributed by atoms with E-state index in [2.05, 4.69) is 15.8 Å². The number of amides is 2. The van der Waals surface area contributed by atoms with E-state index in [1.165, 1.54) is 6.21 Å². The van der Waals surface area contributed by atoms with Crippen LogP contribution in [0.4, 0.5) is 4.79 Å². The summed E-state index contributed by atoms with van der Waals surface area (Å²) in [5, 5.41) is 7.32. The molecule has 0 unspecified atom stereocenters. The Morgan fingerprint density at radius 1 is 0.919 bits per heavy atom. The second-order valence-electron chi connectivity index (χ2n) is 7.90. The molecule has 1 atom stereocenters. The van der Waals surface area contributed by atoms with Gasteiger partial charge < -0.3 is 19.5 Å². The Bertz CT molecular complexity index is 1190. The van der Waals surface area contributed by atoms with Gasteiger partial charge in [-0.05, 0) is 60.9 Å². The molecular formula is C28H30ClN3O5. The van der Waals surface area contributed by atoms with Crippen LogP contribution in [-0.2, 0) is 22.6 Å². The summed E-state index contributed by atoms with van der Waals surface area (Å²) in [5.74, 6) is 0.665. The van der Waals surface area contributed by atoms with Gasteiger partial charge in [-0.15, -0.1) is 0 Å². The molecule has 8 nitrogen and oxygen atoms in total. The molecule has 37 heavy (non-hydrogen) atoms. The molecule has 3 aromatic rings. The lowest BCUT2D eigenvalue weighted by atomic mass is 10.1. The second-order valence-corrected chi connectivity index (χ2v) is 8.33. The highest BCUT2D eigenvalue weighted by Crippen LogP contribution is 2.29. The minimum Gasteiger partial charge on any atom is -0.490 e. The maximum atomic E-state index is 12.8. The molecule has 0 aromatic heterocycles. The smallest absolute Gasteiger partial charge is 0.407 e. The van der Waals surface area contributed by atoms with Crippen LogP contribution in [0.25, 0.3) is 0 Å². The molecule has 0 saturated heterocycles. The van der Waals surface area contributed by atoms with Gasteiger partial charge in [0.2, 0.25) is 0 Å². The first-order valence-corrected chi connectivity index (χ1v) is 12.3. The molecule has 0 fully saturated rings. The predicted octanol–water partition coefficient (Wildman–Crippen LogP) is 5.13. The van der Waals surface area contributed by atoms with E-state index in [0.717, 1.165) is 11.1 Å². The highest BCUT2D eigenvalue weighted by Gasteiger charge is 2.21. The van der Waals surface area contributed by atoms with E-state index in [9.17, 15) is 9.59 Å². The summed E-state index contributed by atoms with van der Waals surface area (Å²) in [7, 11) is 0. The summed E-state index contributed by atoms with van der Waals surface area (Å²) in [6.45, 7) is 4.59. The summed E-state index contributed by atoms with van der Waals surface area (Å²) in [4.78, 5) is 24.7. The molecule has 0 bridgehead atoms. The molecule has 0 saturated carbocycles. The van der Waals surface area contributed by atoms with Crippen molar-refractivity contribution in [2.24, 2.45) is 5.10 Å². The number of hydrogen-bond donors (Lipinski definition) is 2. The standard InChI is InChI=1S/C28H30ClN3O5/c1-3-35-26-17-22(12-15-25(26)37-19-21-10-13-23(29)14-11-21)18-30-32-27(33)24(31-28(34)36-4-2)16-20-8-6-5-7-9-20/h5-15,17-18,24H,3-4,16,19H2,1-2H3,(H,31,34)(H,32,33)/b30-18-/t24-/m0/s1. The Balaban J connectivity index is 1.65. The normalized spacial score (nSPS) is 11.5. The van der Waals surface area contributed by atoms with Gasteiger partial charge in [-0.1, -0.05) is 54.1 Å². The summed E-state index contributed by atoms with van der Waals surface area (Å²) >= 11 is 5.94. The number of benzene rings is 3. The number of nitrogens with zero attached hydrogens (tertiary/aromatic N) is 1. The predicted molar refractivity (Wildman–Crippen MR) is 143 cm³/mol. The lowest BCUT2D eigenvalue weighted by Crippen LogP contribution is -2.47. The zero-order chi connectivity index (χ0) is 26.5. The highest BCUT2D eigenvalue weighted by molar-refractivity contribution is 6.30. The van der Waals surface area contributed by atoms with Crippen LogP contribution in [0.15, 0.2) is 77.9 Å². The number of nitrogens with one attached hydrogen (secondary N) is 2. The van der Waals surface area contributed by atoms with Crippen LogP contribution in [-0.4, -0.2) is 37.5 Å². The Kier molecular flexibility index (Phi) is 10.8. The molecule has 0 aliphatic heterocycles. The van der Waals surface area contributed by atoms with E-state index in [1.807, 2.05) is 61.5 Å². The first kappa shape index (κ1) is 27.5. The van der Waals surface area contributed by atoms with Gasteiger partial charge in [0.05, 0.1) is 19.4 Å². The third kappa shape index (κ3) is 9.16. The third-order valence-corrected chi connectivity index (χ3v) is 5.38. The van der Waals surface area contributed by atoms with Crippen LogP contribution >= 0.6 is 11.6 Å². The number of halogens is 1. The van der Waals surface area contributed by atoms with Crippen LogP contribution in [0.5, 0.6) is 11.5 Å². The van der Waals surface area contributed by atoms with Crippen molar-refractivity contribution >= 4 is 29.8 Å². The number of rotatable bonds is 12. The average Bonchev–Trinajstić information content (AvgIpc) is 2.89. The van der Waals surface area contributed by atoms with Crippen molar-refractivity contribution < 1.29 is 23.8 Å². The van der Waals surface area contributed by atoms with Gasteiger partial charge in [0.25, 0.3) is 5.91 Å². The SMILES string of the molecule is CCOC(=O)N[C@@H](Cc1ccccc1)C(=O)N/N=C\c1ccc(OCc2ccc(Cl)cc2)c(OCC)c1. The van der Waals surface area contributed by atoms with Gasteiger partial charge in [0.1, 0.15) is 12.6 Å². The lowest BCUT2D eigenvalue weighted by molar-refractivity contribution is -0.123. The van der Waals surface area contributed by atoms with Crippen molar-refractivity contribution in [3.05, 3.63) is 94.5 Å². The molecule has 0 heterocycles.